The molecular weight excluding hydrogens is 398 g/mol. The van der Waals surface area contributed by atoms with E-state index in [2.05, 4.69) is 10.3 Å². The Kier molecular flexibility index (Phi) is 6.04. The SMILES string of the molecule is CN(Cc1ccccc1)C(=O)c1nc2ccccn2c1CNCc1ccc(F)cc1F. The fourth-order valence-electron chi connectivity index (χ4n) is 3.48. The molecule has 1 N–H and O–H groups in total. The van der Waals surface area contributed by atoms with Crippen LogP contribution in [0.4, 0.5) is 8.78 Å². The number of hydrogen-bond donors (Lipinski definition) is 1. The van der Waals surface area contributed by atoms with Gasteiger partial charge in [-0.25, -0.2) is 13.8 Å². The highest BCUT2D eigenvalue weighted by atomic mass is 19.1. The highest BCUT2D eigenvalue weighted by molar-refractivity contribution is 5.94. The van der Waals surface area contributed by atoms with Crippen molar-refractivity contribution in [2.24, 2.45) is 0 Å². The van der Waals surface area contributed by atoms with Gasteiger partial charge in [-0.2, -0.15) is 0 Å². The van der Waals surface area contributed by atoms with E-state index in [0.717, 1.165) is 11.6 Å². The molecule has 4 rings (SSSR count). The molecule has 0 radical (unpaired) electrons. The predicted octanol–water partition coefficient (Wildman–Crippen LogP) is 4.17. The van der Waals surface area contributed by atoms with Crippen molar-refractivity contribution in [1.82, 2.24) is 19.6 Å². The van der Waals surface area contributed by atoms with Gasteiger partial charge in [0.1, 0.15) is 17.3 Å². The van der Waals surface area contributed by atoms with E-state index in [1.165, 1.54) is 12.1 Å². The van der Waals surface area contributed by atoms with Crippen molar-refractivity contribution in [3.05, 3.63) is 107 Å². The van der Waals surface area contributed by atoms with Gasteiger partial charge in [-0.05, 0) is 23.8 Å². The quantitative estimate of drug-likeness (QED) is 0.488. The normalized spacial score (nSPS) is 11.1. The van der Waals surface area contributed by atoms with Crippen molar-refractivity contribution in [2.75, 3.05) is 7.05 Å². The second-order valence-electron chi connectivity index (χ2n) is 7.32. The number of nitrogens with one attached hydrogen (secondary N) is 1. The topological polar surface area (TPSA) is 49.6 Å². The molecule has 1 amide bonds. The van der Waals surface area contributed by atoms with E-state index < -0.39 is 11.6 Å². The molecule has 0 saturated heterocycles. The number of rotatable bonds is 7. The molecular formula is C24H22F2N4O. The molecule has 0 aliphatic rings. The molecule has 0 spiro atoms. The minimum absolute atomic E-state index is 0.194. The van der Waals surface area contributed by atoms with Crippen molar-refractivity contribution in [3.8, 4) is 0 Å². The maximum atomic E-state index is 13.9. The second kappa shape index (κ2) is 9.06. The van der Waals surface area contributed by atoms with Crippen molar-refractivity contribution >= 4 is 11.6 Å². The molecule has 0 atom stereocenters. The number of carbonyl (C=O) groups excluding carboxylic acids is 1. The fourth-order valence-corrected chi connectivity index (χ4v) is 3.48. The third kappa shape index (κ3) is 4.62. The van der Waals surface area contributed by atoms with E-state index in [0.29, 0.717) is 35.7 Å². The summed E-state index contributed by atoms with van der Waals surface area (Å²) in [5.41, 5.74) is 3.06. The Morgan fingerprint density at radius 3 is 2.58 bits per heavy atom. The summed E-state index contributed by atoms with van der Waals surface area (Å²) in [6, 6.07) is 18.8. The van der Waals surface area contributed by atoms with Crippen LogP contribution in [0.25, 0.3) is 5.65 Å². The van der Waals surface area contributed by atoms with Gasteiger partial charge in [-0.3, -0.25) is 4.79 Å². The lowest BCUT2D eigenvalue weighted by Gasteiger charge is -2.17. The summed E-state index contributed by atoms with van der Waals surface area (Å²) in [7, 11) is 1.74. The number of nitrogens with zero attached hydrogens (tertiary/aromatic N) is 3. The zero-order valence-electron chi connectivity index (χ0n) is 17.1. The fraction of sp³-hybridized carbons (Fsp3) is 0.167. The zero-order chi connectivity index (χ0) is 21.8. The first-order chi connectivity index (χ1) is 15.0. The Labute approximate surface area is 179 Å². The first-order valence-corrected chi connectivity index (χ1v) is 9.93. The summed E-state index contributed by atoms with van der Waals surface area (Å²) in [4.78, 5) is 19.3. The molecule has 0 fully saturated rings. The van der Waals surface area contributed by atoms with Crippen LogP contribution in [0.15, 0.2) is 72.9 Å². The number of fused-ring (bicyclic) bond motifs is 1. The molecule has 0 aliphatic carbocycles. The van der Waals surface area contributed by atoms with Gasteiger partial charge in [0, 0.05) is 44.5 Å². The summed E-state index contributed by atoms with van der Waals surface area (Å²) in [6.07, 6.45) is 1.84. The first-order valence-electron chi connectivity index (χ1n) is 9.93. The smallest absolute Gasteiger partial charge is 0.274 e. The summed E-state index contributed by atoms with van der Waals surface area (Å²) < 4.78 is 28.9. The molecule has 4 aromatic rings. The second-order valence-corrected chi connectivity index (χ2v) is 7.32. The molecule has 2 aromatic carbocycles. The van der Waals surface area contributed by atoms with Gasteiger partial charge in [-0.1, -0.05) is 42.5 Å². The monoisotopic (exact) mass is 420 g/mol. The summed E-state index contributed by atoms with van der Waals surface area (Å²) in [5, 5.41) is 3.15. The molecule has 0 saturated carbocycles. The van der Waals surface area contributed by atoms with Gasteiger partial charge in [0.05, 0.1) is 5.69 Å². The lowest BCUT2D eigenvalue weighted by Crippen LogP contribution is -2.28. The molecule has 2 aromatic heterocycles. The number of hydrogen-bond acceptors (Lipinski definition) is 3. The Bertz CT molecular complexity index is 1210. The number of aromatic nitrogens is 2. The average Bonchev–Trinajstić information content (AvgIpc) is 3.14. The zero-order valence-corrected chi connectivity index (χ0v) is 17.1. The molecule has 31 heavy (non-hydrogen) atoms. The summed E-state index contributed by atoms with van der Waals surface area (Å²) in [5.74, 6) is -1.42. The van der Waals surface area contributed by atoms with Crippen LogP contribution in [-0.2, 0) is 19.6 Å². The Hall–Kier alpha value is -3.58. The minimum Gasteiger partial charge on any atom is -0.336 e. The number of benzene rings is 2. The molecule has 2 heterocycles. The number of pyridine rings is 1. The van der Waals surface area contributed by atoms with Gasteiger partial charge in [-0.15, -0.1) is 0 Å². The number of halogens is 2. The highest BCUT2D eigenvalue weighted by Crippen LogP contribution is 2.17. The molecule has 0 unspecified atom stereocenters. The van der Waals surface area contributed by atoms with Gasteiger partial charge in [0.2, 0.25) is 0 Å². The van der Waals surface area contributed by atoms with Crippen LogP contribution < -0.4 is 5.32 Å². The van der Waals surface area contributed by atoms with Crippen LogP contribution >= 0.6 is 0 Å². The maximum absolute atomic E-state index is 13.9. The van der Waals surface area contributed by atoms with E-state index in [9.17, 15) is 13.6 Å². The van der Waals surface area contributed by atoms with Crippen LogP contribution in [-0.4, -0.2) is 27.2 Å². The van der Waals surface area contributed by atoms with Crippen LogP contribution in [0.1, 0.15) is 27.3 Å². The van der Waals surface area contributed by atoms with Gasteiger partial charge in [0.25, 0.3) is 5.91 Å². The predicted molar refractivity (Wildman–Crippen MR) is 114 cm³/mol. The molecule has 7 heteroatoms. The maximum Gasteiger partial charge on any atom is 0.274 e. The molecule has 0 aliphatic heterocycles. The van der Waals surface area contributed by atoms with Crippen LogP contribution in [0, 0.1) is 11.6 Å². The Morgan fingerprint density at radius 2 is 1.81 bits per heavy atom. The lowest BCUT2D eigenvalue weighted by molar-refractivity contribution is 0.0778. The van der Waals surface area contributed by atoms with Crippen LogP contribution in [0.2, 0.25) is 0 Å². The average molecular weight is 420 g/mol. The van der Waals surface area contributed by atoms with Crippen molar-refractivity contribution in [3.63, 3.8) is 0 Å². The summed E-state index contributed by atoms with van der Waals surface area (Å²) >= 11 is 0. The van der Waals surface area contributed by atoms with Crippen LogP contribution in [0.5, 0.6) is 0 Å². The van der Waals surface area contributed by atoms with E-state index >= 15 is 0 Å². The van der Waals surface area contributed by atoms with E-state index in [1.54, 1.807) is 11.9 Å². The van der Waals surface area contributed by atoms with Crippen molar-refractivity contribution < 1.29 is 13.6 Å². The third-order valence-electron chi connectivity index (χ3n) is 5.06. The number of carbonyl (C=O) groups is 1. The largest absolute Gasteiger partial charge is 0.336 e. The van der Waals surface area contributed by atoms with Crippen molar-refractivity contribution in [2.45, 2.75) is 19.6 Å². The molecule has 0 bridgehead atoms. The minimum atomic E-state index is -0.614. The lowest BCUT2D eigenvalue weighted by atomic mass is 10.2. The Morgan fingerprint density at radius 1 is 1.03 bits per heavy atom. The van der Waals surface area contributed by atoms with Gasteiger partial charge in [0.15, 0.2) is 5.69 Å². The molecule has 5 nitrogen and oxygen atoms in total. The number of amides is 1. The first kappa shape index (κ1) is 20.7. The Balaban J connectivity index is 1.56. The van der Waals surface area contributed by atoms with Crippen molar-refractivity contribution in [1.29, 1.82) is 0 Å². The number of imidazole rings is 1. The van der Waals surface area contributed by atoms with E-state index in [4.69, 9.17) is 0 Å². The highest BCUT2D eigenvalue weighted by Gasteiger charge is 2.22. The summed E-state index contributed by atoms with van der Waals surface area (Å²) in [6.45, 7) is 0.948. The third-order valence-corrected chi connectivity index (χ3v) is 5.06. The van der Waals surface area contributed by atoms with Crippen LogP contribution in [0.3, 0.4) is 0 Å². The van der Waals surface area contributed by atoms with E-state index in [1.807, 2.05) is 59.1 Å². The molecule has 158 valence electrons. The van der Waals surface area contributed by atoms with Gasteiger partial charge >= 0.3 is 0 Å². The van der Waals surface area contributed by atoms with Gasteiger partial charge < -0.3 is 14.6 Å². The van der Waals surface area contributed by atoms with E-state index in [-0.39, 0.29) is 12.5 Å². The standard InChI is InChI=1S/C24H22F2N4O/c1-29(16-17-7-3-2-4-8-17)24(31)23-21(30-12-6-5-9-22(30)28-23)15-27-14-18-10-11-19(25)13-20(18)26/h2-13,27H,14-16H2,1H3.